The first-order chi connectivity index (χ1) is 7.29. The van der Waals surface area contributed by atoms with Gasteiger partial charge >= 0.3 is 0 Å². The van der Waals surface area contributed by atoms with Gasteiger partial charge in [-0.05, 0) is 0 Å². The highest BCUT2D eigenvalue weighted by Gasteiger charge is 2.41. The molecular weight excluding hydrogens is 200 g/mol. The molecule has 5 heteroatoms. The van der Waals surface area contributed by atoms with E-state index in [4.69, 9.17) is 18.9 Å². The summed E-state index contributed by atoms with van der Waals surface area (Å²) in [5.41, 5.74) is 0. The molecule has 0 aliphatic heterocycles. The number of hydrogen-bond donors (Lipinski definition) is 0. The van der Waals surface area contributed by atoms with Crippen molar-refractivity contribution in [3.8, 4) is 0 Å². The molecule has 5 nitrogen and oxygen atoms in total. The highest BCUT2D eigenvalue weighted by Crippen LogP contribution is 2.22. The number of rotatable bonds is 8. The van der Waals surface area contributed by atoms with Crippen LogP contribution in [-0.2, 0) is 23.7 Å². The van der Waals surface area contributed by atoms with E-state index in [1.165, 1.54) is 0 Å². The van der Waals surface area contributed by atoms with Crippen LogP contribution in [0.4, 0.5) is 0 Å². The van der Waals surface area contributed by atoms with E-state index in [2.05, 4.69) is 0 Å². The Bertz CT molecular complexity index is 194. The molecular formula is C10H18O5. The van der Waals surface area contributed by atoms with Gasteiger partial charge in [-0.2, -0.15) is 0 Å². The van der Waals surface area contributed by atoms with E-state index in [9.17, 15) is 4.79 Å². The Morgan fingerprint density at radius 1 is 1.07 bits per heavy atom. The molecule has 0 aromatic carbocycles. The molecule has 1 aliphatic rings. The van der Waals surface area contributed by atoms with Crippen molar-refractivity contribution in [2.24, 2.45) is 0 Å². The average Bonchev–Trinajstić information content (AvgIpc) is 2.23. The van der Waals surface area contributed by atoms with E-state index >= 15 is 0 Å². The summed E-state index contributed by atoms with van der Waals surface area (Å²) in [6, 6.07) is 0. The van der Waals surface area contributed by atoms with Crippen molar-refractivity contribution in [1.82, 2.24) is 0 Å². The van der Waals surface area contributed by atoms with E-state index in [-0.39, 0.29) is 11.9 Å². The third-order valence-corrected chi connectivity index (χ3v) is 2.26. The zero-order valence-corrected chi connectivity index (χ0v) is 9.23. The summed E-state index contributed by atoms with van der Waals surface area (Å²) in [7, 11) is 3.21. The summed E-state index contributed by atoms with van der Waals surface area (Å²) < 4.78 is 20.4. The van der Waals surface area contributed by atoms with Gasteiger partial charge in [-0.15, -0.1) is 0 Å². The van der Waals surface area contributed by atoms with Crippen LogP contribution in [0.15, 0.2) is 0 Å². The van der Waals surface area contributed by atoms with Gasteiger partial charge in [0, 0.05) is 20.6 Å². The van der Waals surface area contributed by atoms with Crippen molar-refractivity contribution in [2.45, 2.75) is 18.6 Å². The van der Waals surface area contributed by atoms with Gasteiger partial charge in [-0.3, -0.25) is 4.79 Å². The number of Topliss-reactive ketones (excluding diaryl/α,β-unsaturated/α-hetero) is 1. The van der Waals surface area contributed by atoms with Crippen LogP contribution >= 0.6 is 0 Å². The third kappa shape index (κ3) is 3.87. The fourth-order valence-corrected chi connectivity index (χ4v) is 1.36. The van der Waals surface area contributed by atoms with Crippen LogP contribution in [0, 0.1) is 0 Å². The minimum absolute atomic E-state index is 0.105. The maximum atomic E-state index is 11.2. The van der Waals surface area contributed by atoms with Crippen LogP contribution < -0.4 is 0 Å². The maximum Gasteiger partial charge on any atom is 0.166 e. The molecule has 0 amide bonds. The van der Waals surface area contributed by atoms with E-state index in [0.29, 0.717) is 32.8 Å². The van der Waals surface area contributed by atoms with Crippen LogP contribution in [-0.4, -0.2) is 58.6 Å². The number of methoxy groups -OCH3 is 2. The molecule has 1 aliphatic carbocycles. The SMILES string of the molecule is COCCOC1CC(=O)C1OCCOC. The summed E-state index contributed by atoms with van der Waals surface area (Å²) in [4.78, 5) is 11.2. The Hall–Kier alpha value is -0.490. The van der Waals surface area contributed by atoms with Crippen molar-refractivity contribution < 1.29 is 23.7 Å². The highest BCUT2D eigenvalue weighted by atomic mass is 16.6. The summed E-state index contributed by atoms with van der Waals surface area (Å²) in [5.74, 6) is 0.105. The molecule has 0 heterocycles. The first kappa shape index (κ1) is 12.6. The van der Waals surface area contributed by atoms with Gasteiger partial charge in [0.15, 0.2) is 5.78 Å². The van der Waals surface area contributed by atoms with Crippen molar-refractivity contribution in [2.75, 3.05) is 40.6 Å². The van der Waals surface area contributed by atoms with Gasteiger partial charge in [0.25, 0.3) is 0 Å². The van der Waals surface area contributed by atoms with E-state index < -0.39 is 6.10 Å². The lowest BCUT2D eigenvalue weighted by molar-refractivity contribution is -0.168. The van der Waals surface area contributed by atoms with Crippen LogP contribution in [0.1, 0.15) is 6.42 Å². The molecule has 0 saturated heterocycles. The Kier molecular flexibility index (Phi) is 5.78. The summed E-state index contributed by atoms with van der Waals surface area (Å²) in [5, 5.41) is 0. The monoisotopic (exact) mass is 218 g/mol. The Morgan fingerprint density at radius 3 is 2.20 bits per heavy atom. The first-order valence-corrected chi connectivity index (χ1v) is 5.03. The lowest BCUT2D eigenvalue weighted by atomic mass is 9.90. The normalized spacial score (nSPS) is 25.3. The molecule has 0 aromatic heterocycles. The lowest BCUT2D eigenvalue weighted by Gasteiger charge is -2.34. The zero-order valence-electron chi connectivity index (χ0n) is 9.23. The molecule has 15 heavy (non-hydrogen) atoms. The van der Waals surface area contributed by atoms with Crippen molar-refractivity contribution in [3.05, 3.63) is 0 Å². The van der Waals surface area contributed by atoms with Crippen molar-refractivity contribution in [1.29, 1.82) is 0 Å². The van der Waals surface area contributed by atoms with Crippen LogP contribution in [0.3, 0.4) is 0 Å². The van der Waals surface area contributed by atoms with Crippen molar-refractivity contribution in [3.63, 3.8) is 0 Å². The molecule has 88 valence electrons. The molecule has 0 aromatic rings. The van der Waals surface area contributed by atoms with Crippen LogP contribution in [0.5, 0.6) is 0 Å². The Morgan fingerprint density at radius 2 is 1.67 bits per heavy atom. The van der Waals surface area contributed by atoms with Gasteiger partial charge in [0.05, 0.1) is 32.5 Å². The largest absolute Gasteiger partial charge is 0.382 e. The lowest BCUT2D eigenvalue weighted by Crippen LogP contribution is -2.51. The minimum atomic E-state index is -0.406. The minimum Gasteiger partial charge on any atom is -0.382 e. The smallest absolute Gasteiger partial charge is 0.166 e. The summed E-state index contributed by atoms with van der Waals surface area (Å²) >= 11 is 0. The van der Waals surface area contributed by atoms with Gasteiger partial charge in [0.2, 0.25) is 0 Å². The molecule has 0 N–H and O–H groups in total. The number of hydrogen-bond acceptors (Lipinski definition) is 5. The molecule has 1 rings (SSSR count). The Balaban J connectivity index is 2.13. The molecule has 2 unspecified atom stereocenters. The Labute approximate surface area is 89.6 Å². The predicted molar refractivity (Wildman–Crippen MR) is 52.9 cm³/mol. The van der Waals surface area contributed by atoms with Gasteiger partial charge in [-0.1, -0.05) is 0 Å². The predicted octanol–water partition coefficient (Wildman–Crippen LogP) is 0.0224. The van der Waals surface area contributed by atoms with E-state index in [1.807, 2.05) is 0 Å². The van der Waals surface area contributed by atoms with Crippen molar-refractivity contribution >= 4 is 5.78 Å². The number of ether oxygens (including phenoxy) is 4. The average molecular weight is 218 g/mol. The fraction of sp³-hybridized carbons (Fsp3) is 0.900. The second kappa shape index (κ2) is 6.90. The fourth-order valence-electron chi connectivity index (χ4n) is 1.36. The topological polar surface area (TPSA) is 54.0 Å². The highest BCUT2D eigenvalue weighted by molar-refractivity contribution is 5.90. The molecule has 0 radical (unpaired) electrons. The number of ketones is 1. The van der Waals surface area contributed by atoms with Crippen LogP contribution in [0.25, 0.3) is 0 Å². The standard InChI is InChI=1S/C10H18O5/c1-12-3-5-14-9-7-8(11)10(9)15-6-4-13-2/h9-10H,3-7H2,1-2H3. The van der Waals surface area contributed by atoms with Gasteiger partial charge < -0.3 is 18.9 Å². The first-order valence-electron chi connectivity index (χ1n) is 5.03. The quantitative estimate of drug-likeness (QED) is 0.538. The molecule has 0 bridgehead atoms. The zero-order chi connectivity index (χ0) is 11.1. The van der Waals surface area contributed by atoms with Gasteiger partial charge in [0.1, 0.15) is 6.10 Å². The molecule has 1 fully saturated rings. The second-order valence-electron chi connectivity index (χ2n) is 3.36. The van der Waals surface area contributed by atoms with Crippen LogP contribution in [0.2, 0.25) is 0 Å². The summed E-state index contributed by atoms with van der Waals surface area (Å²) in [6.45, 7) is 1.96. The maximum absolute atomic E-state index is 11.2. The molecule has 0 spiro atoms. The molecule has 1 saturated carbocycles. The summed E-state index contributed by atoms with van der Waals surface area (Å²) in [6.07, 6.45) is -0.0667. The number of carbonyl (C=O) groups is 1. The van der Waals surface area contributed by atoms with E-state index in [0.717, 1.165) is 0 Å². The number of carbonyl (C=O) groups excluding carboxylic acids is 1. The third-order valence-electron chi connectivity index (χ3n) is 2.26. The molecule has 2 atom stereocenters. The second-order valence-corrected chi connectivity index (χ2v) is 3.36. The van der Waals surface area contributed by atoms with E-state index in [1.54, 1.807) is 14.2 Å². The van der Waals surface area contributed by atoms with Gasteiger partial charge in [-0.25, -0.2) is 0 Å².